The maximum absolute atomic E-state index is 12.4. The van der Waals surface area contributed by atoms with Crippen molar-refractivity contribution >= 4 is 29.1 Å². The van der Waals surface area contributed by atoms with Gasteiger partial charge in [0.2, 0.25) is 5.82 Å². The molecule has 29 heavy (non-hydrogen) atoms. The highest BCUT2D eigenvalue weighted by Gasteiger charge is 2.35. The van der Waals surface area contributed by atoms with Crippen molar-refractivity contribution in [1.82, 2.24) is 15.0 Å². The Morgan fingerprint density at radius 1 is 1.21 bits per heavy atom. The van der Waals surface area contributed by atoms with Crippen molar-refractivity contribution < 1.29 is 23.6 Å². The molecule has 0 aliphatic carbocycles. The molecule has 0 saturated heterocycles. The van der Waals surface area contributed by atoms with Crippen molar-refractivity contribution in [3.05, 3.63) is 57.6 Å². The summed E-state index contributed by atoms with van der Waals surface area (Å²) >= 11 is 1.52. The van der Waals surface area contributed by atoms with Gasteiger partial charge in [0.05, 0.1) is 11.1 Å². The second-order valence-electron chi connectivity index (χ2n) is 6.60. The number of benzene rings is 1. The fraction of sp³-hybridized carbons (Fsp3) is 0.250. The lowest BCUT2D eigenvalue weighted by Gasteiger charge is -2.13. The van der Waals surface area contributed by atoms with Crippen LogP contribution in [0.5, 0.6) is 0 Å². The van der Waals surface area contributed by atoms with Crippen LogP contribution < -0.4 is 0 Å². The molecule has 0 fully saturated rings. The van der Waals surface area contributed by atoms with E-state index < -0.39 is 5.97 Å². The lowest BCUT2D eigenvalue weighted by molar-refractivity contribution is -0.145. The van der Waals surface area contributed by atoms with E-state index in [9.17, 15) is 14.4 Å². The van der Waals surface area contributed by atoms with E-state index in [-0.39, 0.29) is 37.3 Å². The highest BCUT2D eigenvalue weighted by molar-refractivity contribution is 7.08. The highest BCUT2D eigenvalue weighted by Crippen LogP contribution is 2.24. The SMILES string of the molecule is Cc1ccc2c(c1)C(=O)N(CCCC(=O)OCc1nc(-c3ccsc3)no1)C2=O. The summed E-state index contributed by atoms with van der Waals surface area (Å²) in [4.78, 5) is 42.1. The van der Waals surface area contributed by atoms with Crippen molar-refractivity contribution in [2.75, 3.05) is 6.54 Å². The molecule has 0 atom stereocenters. The van der Waals surface area contributed by atoms with Gasteiger partial charge in [-0.3, -0.25) is 19.3 Å². The average molecular weight is 411 g/mol. The van der Waals surface area contributed by atoms with Crippen LogP contribution >= 0.6 is 11.3 Å². The number of imide groups is 1. The minimum absolute atomic E-state index is 0.0674. The zero-order chi connectivity index (χ0) is 20.4. The molecule has 3 aromatic rings. The first-order chi connectivity index (χ1) is 14.0. The number of esters is 1. The Morgan fingerprint density at radius 2 is 2.03 bits per heavy atom. The molecule has 0 saturated carbocycles. The van der Waals surface area contributed by atoms with Gasteiger partial charge >= 0.3 is 5.97 Å². The second-order valence-corrected chi connectivity index (χ2v) is 7.38. The number of aryl methyl sites for hydroxylation is 1. The minimum Gasteiger partial charge on any atom is -0.456 e. The van der Waals surface area contributed by atoms with E-state index in [1.165, 1.54) is 16.2 Å². The Morgan fingerprint density at radius 3 is 2.83 bits per heavy atom. The molecule has 4 rings (SSSR count). The lowest BCUT2D eigenvalue weighted by atomic mass is 10.1. The summed E-state index contributed by atoms with van der Waals surface area (Å²) in [6.07, 6.45) is 0.380. The van der Waals surface area contributed by atoms with Crippen LogP contribution in [0.25, 0.3) is 11.4 Å². The monoisotopic (exact) mass is 411 g/mol. The minimum atomic E-state index is -0.465. The van der Waals surface area contributed by atoms with Crippen LogP contribution in [0, 0.1) is 6.92 Å². The van der Waals surface area contributed by atoms with Crippen LogP contribution in [0.3, 0.4) is 0 Å². The number of thiophene rings is 1. The number of carbonyl (C=O) groups is 3. The van der Waals surface area contributed by atoms with Gasteiger partial charge in [-0.2, -0.15) is 16.3 Å². The molecule has 0 N–H and O–H groups in total. The molecule has 0 radical (unpaired) electrons. The zero-order valence-corrected chi connectivity index (χ0v) is 16.4. The third kappa shape index (κ3) is 3.95. The highest BCUT2D eigenvalue weighted by atomic mass is 32.1. The van der Waals surface area contributed by atoms with Crippen molar-refractivity contribution in [3.8, 4) is 11.4 Å². The molecule has 1 aliphatic rings. The van der Waals surface area contributed by atoms with Gasteiger partial charge in [0.15, 0.2) is 6.61 Å². The normalized spacial score (nSPS) is 13.1. The fourth-order valence-corrected chi connectivity index (χ4v) is 3.66. The fourth-order valence-electron chi connectivity index (χ4n) is 3.03. The second kappa shape index (κ2) is 7.96. The van der Waals surface area contributed by atoms with E-state index >= 15 is 0 Å². The summed E-state index contributed by atoms with van der Waals surface area (Å²) in [6.45, 7) is 1.90. The first-order valence-electron chi connectivity index (χ1n) is 9.00. The molecule has 2 aromatic heterocycles. The molecule has 8 nitrogen and oxygen atoms in total. The number of carbonyl (C=O) groups excluding carboxylic acids is 3. The van der Waals surface area contributed by atoms with Crippen LogP contribution in [0.4, 0.5) is 0 Å². The average Bonchev–Trinajstić information content (AvgIpc) is 3.43. The number of hydrogen-bond donors (Lipinski definition) is 0. The molecule has 2 amide bonds. The van der Waals surface area contributed by atoms with Crippen molar-refractivity contribution in [2.24, 2.45) is 0 Å². The molecule has 148 valence electrons. The van der Waals surface area contributed by atoms with Gasteiger partial charge in [-0.15, -0.1) is 0 Å². The summed E-state index contributed by atoms with van der Waals surface area (Å²) in [5, 5.41) is 7.63. The summed E-state index contributed by atoms with van der Waals surface area (Å²) in [5.41, 5.74) is 2.57. The van der Waals surface area contributed by atoms with Gasteiger partial charge in [-0.05, 0) is 36.9 Å². The van der Waals surface area contributed by atoms with E-state index in [0.717, 1.165) is 11.1 Å². The molecule has 9 heteroatoms. The standard InChI is InChI=1S/C20H17N3O5S/c1-12-4-5-14-15(9-12)20(26)23(19(14)25)7-2-3-17(24)27-10-16-21-18(22-28-16)13-6-8-29-11-13/h4-6,8-9,11H,2-3,7,10H2,1H3. The van der Waals surface area contributed by atoms with Gasteiger partial charge in [0, 0.05) is 23.9 Å². The Hall–Kier alpha value is -3.33. The predicted octanol–water partition coefficient (Wildman–Crippen LogP) is 3.23. The predicted molar refractivity (Wildman–Crippen MR) is 103 cm³/mol. The van der Waals surface area contributed by atoms with Crippen LogP contribution in [0.1, 0.15) is 45.0 Å². The van der Waals surface area contributed by atoms with Crippen LogP contribution in [0.2, 0.25) is 0 Å². The van der Waals surface area contributed by atoms with E-state index in [1.54, 1.807) is 18.2 Å². The van der Waals surface area contributed by atoms with Gasteiger partial charge in [0.25, 0.3) is 17.7 Å². The maximum atomic E-state index is 12.4. The Labute approximate surface area is 170 Å². The molecule has 0 unspecified atom stereocenters. The molecule has 1 aromatic carbocycles. The van der Waals surface area contributed by atoms with Crippen molar-refractivity contribution in [2.45, 2.75) is 26.4 Å². The van der Waals surface area contributed by atoms with Crippen molar-refractivity contribution in [1.29, 1.82) is 0 Å². The van der Waals surface area contributed by atoms with Crippen LogP contribution in [-0.4, -0.2) is 39.4 Å². The molecule has 1 aliphatic heterocycles. The van der Waals surface area contributed by atoms with Crippen LogP contribution in [0.15, 0.2) is 39.5 Å². The third-order valence-corrected chi connectivity index (χ3v) is 5.18. The van der Waals surface area contributed by atoms with E-state index in [4.69, 9.17) is 9.26 Å². The molecule has 0 bridgehead atoms. The van der Waals surface area contributed by atoms with Gasteiger partial charge in [-0.1, -0.05) is 16.8 Å². The molecular formula is C20H17N3O5S. The molecule has 0 spiro atoms. The van der Waals surface area contributed by atoms with E-state index in [0.29, 0.717) is 23.4 Å². The summed E-state index contributed by atoms with van der Waals surface area (Å²) in [7, 11) is 0. The Kier molecular flexibility index (Phi) is 5.22. The quantitative estimate of drug-likeness (QED) is 0.434. The van der Waals surface area contributed by atoms with Crippen LogP contribution in [-0.2, 0) is 16.1 Å². The summed E-state index contributed by atoms with van der Waals surface area (Å²) in [6, 6.07) is 7.03. The van der Waals surface area contributed by atoms with E-state index in [1.807, 2.05) is 23.8 Å². The molecular weight excluding hydrogens is 394 g/mol. The first kappa shape index (κ1) is 19.0. The maximum Gasteiger partial charge on any atom is 0.306 e. The zero-order valence-electron chi connectivity index (χ0n) is 15.6. The summed E-state index contributed by atoms with van der Waals surface area (Å²) in [5.74, 6) is -0.472. The number of rotatable bonds is 7. The number of nitrogens with zero attached hydrogens (tertiary/aromatic N) is 3. The number of hydrogen-bond acceptors (Lipinski definition) is 8. The van der Waals surface area contributed by atoms with Gasteiger partial charge in [-0.25, -0.2) is 0 Å². The Bertz CT molecular complexity index is 1070. The summed E-state index contributed by atoms with van der Waals surface area (Å²) < 4.78 is 10.2. The number of ether oxygens (including phenoxy) is 1. The lowest BCUT2D eigenvalue weighted by Crippen LogP contribution is -2.31. The van der Waals surface area contributed by atoms with Gasteiger partial charge in [0.1, 0.15) is 0 Å². The number of amides is 2. The third-order valence-electron chi connectivity index (χ3n) is 4.49. The smallest absolute Gasteiger partial charge is 0.306 e. The largest absolute Gasteiger partial charge is 0.456 e. The Balaban J connectivity index is 1.25. The van der Waals surface area contributed by atoms with E-state index in [2.05, 4.69) is 10.1 Å². The number of fused-ring (bicyclic) bond motifs is 1. The van der Waals surface area contributed by atoms with Crippen molar-refractivity contribution in [3.63, 3.8) is 0 Å². The number of aromatic nitrogens is 2. The molecule has 3 heterocycles. The first-order valence-corrected chi connectivity index (χ1v) is 9.95. The van der Waals surface area contributed by atoms with Gasteiger partial charge < -0.3 is 9.26 Å². The topological polar surface area (TPSA) is 103 Å².